The minimum absolute atomic E-state index is 0.0541. The van der Waals surface area contributed by atoms with Crippen molar-refractivity contribution in [1.29, 1.82) is 0 Å². The summed E-state index contributed by atoms with van der Waals surface area (Å²) in [6.07, 6.45) is 2.43. The molecule has 3 aromatic rings. The third kappa shape index (κ3) is 1.97. The van der Waals surface area contributed by atoms with Crippen molar-refractivity contribution in [2.75, 3.05) is 0 Å². The standard InChI is InChI=1S/C19H17NO2/c21-11-12-7-9-13(10-8-12)19-15-4-2-6-17(22)14-3-1-5-16(20-19)18(14)15/h1,3,5,7-10,20-21H,2,4,6,11H2. The molecule has 0 aliphatic heterocycles. The van der Waals surface area contributed by atoms with Crippen LogP contribution in [0.2, 0.25) is 0 Å². The fraction of sp³-hybridized carbons (Fsp3) is 0.211. The molecule has 0 fully saturated rings. The molecule has 1 aliphatic carbocycles. The molecule has 4 rings (SSSR count). The molecule has 0 radical (unpaired) electrons. The Kier molecular flexibility index (Phi) is 3.09. The summed E-state index contributed by atoms with van der Waals surface area (Å²) >= 11 is 0. The van der Waals surface area contributed by atoms with Gasteiger partial charge in [-0.1, -0.05) is 36.4 Å². The van der Waals surface area contributed by atoms with Gasteiger partial charge in [0.25, 0.3) is 0 Å². The van der Waals surface area contributed by atoms with E-state index in [-0.39, 0.29) is 12.4 Å². The molecule has 3 heteroatoms. The first-order chi connectivity index (χ1) is 10.8. The van der Waals surface area contributed by atoms with Gasteiger partial charge in [0.15, 0.2) is 5.78 Å². The van der Waals surface area contributed by atoms with Crippen LogP contribution in [0.25, 0.3) is 22.2 Å². The molecule has 0 saturated heterocycles. The average molecular weight is 291 g/mol. The third-order valence-corrected chi connectivity index (χ3v) is 4.48. The Morgan fingerprint density at radius 1 is 1.05 bits per heavy atom. The summed E-state index contributed by atoms with van der Waals surface area (Å²) in [5.41, 5.74) is 6.23. The summed E-state index contributed by atoms with van der Waals surface area (Å²) in [6.45, 7) is 0.0541. The minimum Gasteiger partial charge on any atom is -0.392 e. The lowest BCUT2D eigenvalue weighted by Crippen LogP contribution is -1.96. The lowest BCUT2D eigenvalue weighted by Gasteiger charge is -2.04. The molecule has 22 heavy (non-hydrogen) atoms. The molecule has 2 N–H and O–H groups in total. The van der Waals surface area contributed by atoms with Crippen molar-refractivity contribution in [2.45, 2.75) is 25.9 Å². The van der Waals surface area contributed by atoms with Crippen molar-refractivity contribution < 1.29 is 9.90 Å². The first kappa shape index (κ1) is 13.3. The molecule has 110 valence electrons. The monoisotopic (exact) mass is 291 g/mol. The number of ketones is 1. The zero-order chi connectivity index (χ0) is 15.1. The van der Waals surface area contributed by atoms with E-state index < -0.39 is 0 Å². The number of benzene rings is 2. The van der Waals surface area contributed by atoms with Gasteiger partial charge >= 0.3 is 0 Å². The maximum Gasteiger partial charge on any atom is 0.163 e. The van der Waals surface area contributed by atoms with Crippen LogP contribution < -0.4 is 0 Å². The number of carbonyl (C=O) groups is 1. The number of hydrogen-bond acceptors (Lipinski definition) is 2. The second kappa shape index (κ2) is 5.11. The molecular weight excluding hydrogens is 274 g/mol. The summed E-state index contributed by atoms with van der Waals surface area (Å²) < 4.78 is 0. The van der Waals surface area contributed by atoms with Crippen molar-refractivity contribution in [3.8, 4) is 11.3 Å². The summed E-state index contributed by atoms with van der Waals surface area (Å²) in [6, 6.07) is 13.9. The highest BCUT2D eigenvalue weighted by atomic mass is 16.3. The lowest BCUT2D eigenvalue weighted by molar-refractivity contribution is 0.0983. The maximum absolute atomic E-state index is 12.3. The second-order valence-corrected chi connectivity index (χ2v) is 5.84. The van der Waals surface area contributed by atoms with Crippen LogP contribution in [-0.4, -0.2) is 15.9 Å². The highest BCUT2D eigenvalue weighted by Crippen LogP contribution is 2.36. The molecular formula is C19H17NO2. The number of Topliss-reactive ketones (excluding diaryl/α,β-unsaturated/α-hetero) is 1. The van der Waals surface area contributed by atoms with Crippen molar-refractivity contribution in [3.05, 3.63) is 59.2 Å². The number of H-pyrrole nitrogens is 1. The predicted octanol–water partition coefficient (Wildman–Crippen LogP) is 3.85. The number of aromatic amines is 1. The van der Waals surface area contributed by atoms with Gasteiger partial charge in [0.1, 0.15) is 0 Å². The number of rotatable bonds is 2. The largest absolute Gasteiger partial charge is 0.392 e. The van der Waals surface area contributed by atoms with E-state index in [1.165, 1.54) is 5.56 Å². The van der Waals surface area contributed by atoms with E-state index >= 15 is 0 Å². The third-order valence-electron chi connectivity index (χ3n) is 4.48. The van der Waals surface area contributed by atoms with Crippen LogP contribution in [0.4, 0.5) is 0 Å². The lowest BCUT2D eigenvalue weighted by atomic mass is 10.00. The van der Waals surface area contributed by atoms with Crippen molar-refractivity contribution in [3.63, 3.8) is 0 Å². The Morgan fingerprint density at radius 3 is 2.64 bits per heavy atom. The van der Waals surface area contributed by atoms with Crippen LogP contribution in [0.5, 0.6) is 0 Å². The van der Waals surface area contributed by atoms with Gasteiger partial charge in [0.05, 0.1) is 6.61 Å². The number of nitrogens with one attached hydrogen (secondary N) is 1. The predicted molar refractivity (Wildman–Crippen MR) is 86.9 cm³/mol. The van der Waals surface area contributed by atoms with E-state index in [4.69, 9.17) is 0 Å². The van der Waals surface area contributed by atoms with Gasteiger partial charge in [-0.25, -0.2) is 0 Å². The van der Waals surface area contributed by atoms with E-state index in [9.17, 15) is 9.90 Å². The number of aryl methyl sites for hydroxylation is 1. The topological polar surface area (TPSA) is 53.1 Å². The van der Waals surface area contributed by atoms with E-state index in [2.05, 4.69) is 4.98 Å². The van der Waals surface area contributed by atoms with Gasteiger partial charge in [0, 0.05) is 28.6 Å². The van der Waals surface area contributed by atoms with Gasteiger partial charge in [-0.2, -0.15) is 0 Å². The molecule has 0 unspecified atom stereocenters. The van der Waals surface area contributed by atoms with Gasteiger partial charge in [-0.3, -0.25) is 4.79 Å². The Balaban J connectivity index is 1.96. The number of aromatic nitrogens is 1. The number of hydrogen-bond donors (Lipinski definition) is 2. The van der Waals surface area contributed by atoms with Crippen LogP contribution >= 0.6 is 0 Å². The second-order valence-electron chi connectivity index (χ2n) is 5.84. The van der Waals surface area contributed by atoms with E-state index in [1.54, 1.807) is 0 Å². The first-order valence-corrected chi connectivity index (χ1v) is 7.65. The Bertz CT molecular complexity index is 859. The van der Waals surface area contributed by atoms with Crippen molar-refractivity contribution in [2.24, 2.45) is 0 Å². The smallest absolute Gasteiger partial charge is 0.163 e. The normalized spacial score (nSPS) is 14.3. The van der Waals surface area contributed by atoms with Gasteiger partial charge in [-0.05, 0) is 35.6 Å². The highest BCUT2D eigenvalue weighted by Gasteiger charge is 2.22. The molecule has 0 atom stereocenters. The van der Waals surface area contributed by atoms with Crippen LogP contribution in [0.3, 0.4) is 0 Å². The highest BCUT2D eigenvalue weighted by molar-refractivity contribution is 6.11. The zero-order valence-electron chi connectivity index (χ0n) is 12.2. The zero-order valence-corrected chi connectivity index (χ0v) is 12.2. The quantitative estimate of drug-likeness (QED) is 0.753. The molecule has 2 aromatic carbocycles. The molecule has 0 amide bonds. The van der Waals surface area contributed by atoms with Gasteiger partial charge in [0.2, 0.25) is 0 Å². The van der Waals surface area contributed by atoms with Crippen LogP contribution in [0, 0.1) is 0 Å². The van der Waals surface area contributed by atoms with Crippen LogP contribution in [0.1, 0.15) is 34.3 Å². The van der Waals surface area contributed by atoms with Crippen molar-refractivity contribution >= 4 is 16.7 Å². The SMILES string of the molecule is O=C1CCCc2c(-c3ccc(CO)cc3)[nH]c3cccc1c23. The fourth-order valence-electron chi connectivity index (χ4n) is 3.38. The van der Waals surface area contributed by atoms with Crippen LogP contribution in [-0.2, 0) is 13.0 Å². The maximum atomic E-state index is 12.3. The molecule has 1 aliphatic rings. The average Bonchev–Trinajstić information content (AvgIpc) is 2.84. The summed E-state index contributed by atoms with van der Waals surface area (Å²) in [7, 11) is 0. The molecule has 0 bridgehead atoms. The number of carbonyl (C=O) groups excluding carboxylic acids is 1. The first-order valence-electron chi connectivity index (χ1n) is 7.65. The molecule has 0 spiro atoms. The van der Waals surface area contributed by atoms with Crippen LogP contribution in [0.15, 0.2) is 42.5 Å². The number of aliphatic hydroxyl groups is 1. The molecule has 3 nitrogen and oxygen atoms in total. The Labute approximate surface area is 128 Å². The van der Waals surface area contributed by atoms with E-state index in [1.807, 2.05) is 42.5 Å². The molecule has 1 heterocycles. The summed E-state index contributed by atoms with van der Waals surface area (Å²) in [5, 5.41) is 10.3. The summed E-state index contributed by atoms with van der Waals surface area (Å²) in [4.78, 5) is 15.8. The van der Waals surface area contributed by atoms with Crippen molar-refractivity contribution in [1.82, 2.24) is 4.98 Å². The minimum atomic E-state index is 0.0541. The van der Waals surface area contributed by atoms with Gasteiger partial charge < -0.3 is 10.1 Å². The van der Waals surface area contributed by atoms with Gasteiger partial charge in [-0.15, -0.1) is 0 Å². The number of aliphatic hydroxyl groups excluding tert-OH is 1. The fourth-order valence-corrected chi connectivity index (χ4v) is 3.38. The Hall–Kier alpha value is -2.39. The van der Waals surface area contributed by atoms with E-state index in [0.717, 1.165) is 46.1 Å². The molecule has 0 saturated carbocycles. The summed E-state index contributed by atoms with van der Waals surface area (Å²) in [5.74, 6) is 0.241. The van der Waals surface area contributed by atoms with E-state index in [0.29, 0.717) is 6.42 Å². The Morgan fingerprint density at radius 2 is 1.86 bits per heavy atom. The molecule has 1 aromatic heterocycles.